The molecule has 2 aromatic carbocycles. The fourth-order valence-electron chi connectivity index (χ4n) is 4.45. The van der Waals surface area contributed by atoms with Crippen molar-refractivity contribution in [1.29, 1.82) is 0 Å². The summed E-state index contributed by atoms with van der Waals surface area (Å²) in [6.45, 7) is 2.14. The fraction of sp³-hybridized carbons (Fsp3) is 0.212. The zero-order chi connectivity index (χ0) is 29.3. The minimum absolute atomic E-state index is 0.0461. The van der Waals surface area contributed by atoms with E-state index in [9.17, 15) is 4.79 Å². The molecular weight excluding hydrogens is 570 g/mol. The Morgan fingerprint density at radius 3 is 2.55 bits per heavy atom. The topological polar surface area (TPSA) is 73.3 Å². The Bertz CT molecular complexity index is 1670. The van der Waals surface area contributed by atoms with E-state index in [2.05, 4.69) is 15.3 Å². The van der Waals surface area contributed by atoms with E-state index in [0.29, 0.717) is 42.2 Å². The number of Topliss-reactive ketones (excluding diaryl/α,β-unsaturated/α-hetero) is 1. The molecule has 0 aliphatic heterocycles. The van der Waals surface area contributed by atoms with Crippen LogP contribution in [0.25, 0.3) is 20.8 Å². The SMILES string of the molecule is COCCNCc1ccc(-c2cc3nccc(Oc4ccc(CC(=S)CC(=O)Cc5ccccc5)cc4F)c3s2)nc1. The first-order chi connectivity index (χ1) is 20.5. The number of benzene rings is 2. The van der Waals surface area contributed by atoms with Crippen molar-refractivity contribution >= 4 is 44.4 Å². The van der Waals surface area contributed by atoms with Gasteiger partial charge in [-0.2, -0.15) is 0 Å². The molecule has 0 amide bonds. The van der Waals surface area contributed by atoms with Gasteiger partial charge in [-0.3, -0.25) is 14.8 Å². The van der Waals surface area contributed by atoms with E-state index < -0.39 is 5.82 Å². The van der Waals surface area contributed by atoms with E-state index in [1.807, 2.05) is 54.7 Å². The highest BCUT2D eigenvalue weighted by Crippen LogP contribution is 2.39. The van der Waals surface area contributed by atoms with Crippen molar-refractivity contribution < 1.29 is 18.7 Å². The van der Waals surface area contributed by atoms with Gasteiger partial charge >= 0.3 is 0 Å². The van der Waals surface area contributed by atoms with E-state index >= 15 is 4.39 Å². The molecule has 0 aliphatic rings. The Morgan fingerprint density at radius 2 is 1.79 bits per heavy atom. The van der Waals surface area contributed by atoms with Crippen LogP contribution in [0.2, 0.25) is 0 Å². The number of ether oxygens (including phenoxy) is 2. The number of ketones is 1. The van der Waals surface area contributed by atoms with Crippen LogP contribution >= 0.6 is 23.6 Å². The van der Waals surface area contributed by atoms with Gasteiger partial charge in [-0.1, -0.05) is 54.7 Å². The molecule has 0 atom stereocenters. The van der Waals surface area contributed by atoms with Crippen LogP contribution in [-0.4, -0.2) is 40.9 Å². The quantitative estimate of drug-likeness (QED) is 0.107. The zero-order valence-corrected chi connectivity index (χ0v) is 24.8. The van der Waals surface area contributed by atoms with Crippen molar-refractivity contribution in [3.05, 3.63) is 108 Å². The van der Waals surface area contributed by atoms with Crippen molar-refractivity contribution in [3.63, 3.8) is 0 Å². The summed E-state index contributed by atoms with van der Waals surface area (Å²) in [6.07, 6.45) is 4.36. The van der Waals surface area contributed by atoms with Gasteiger partial charge in [0.2, 0.25) is 0 Å². The summed E-state index contributed by atoms with van der Waals surface area (Å²) in [6, 6.07) is 22.1. The van der Waals surface area contributed by atoms with Crippen molar-refractivity contribution in [1.82, 2.24) is 15.3 Å². The number of halogens is 1. The predicted octanol–water partition coefficient (Wildman–Crippen LogP) is 7.14. The van der Waals surface area contributed by atoms with Crippen LogP contribution in [-0.2, 0) is 28.9 Å². The molecule has 9 heteroatoms. The lowest BCUT2D eigenvalue weighted by atomic mass is 10.0. The van der Waals surface area contributed by atoms with E-state index in [1.54, 1.807) is 31.5 Å². The molecule has 0 spiro atoms. The van der Waals surface area contributed by atoms with Gasteiger partial charge in [0.15, 0.2) is 11.6 Å². The van der Waals surface area contributed by atoms with Crippen LogP contribution in [0.4, 0.5) is 4.39 Å². The lowest BCUT2D eigenvalue weighted by molar-refractivity contribution is -0.117. The normalized spacial score (nSPS) is 11.1. The summed E-state index contributed by atoms with van der Waals surface area (Å²) in [4.78, 5) is 23.0. The average molecular weight is 600 g/mol. The molecule has 0 unspecified atom stereocenters. The molecule has 3 heterocycles. The number of pyridine rings is 2. The largest absolute Gasteiger partial charge is 0.453 e. The summed E-state index contributed by atoms with van der Waals surface area (Å²) in [5, 5.41) is 3.31. The molecule has 0 saturated heterocycles. The van der Waals surface area contributed by atoms with Crippen LogP contribution in [0, 0.1) is 5.82 Å². The van der Waals surface area contributed by atoms with Gasteiger partial charge < -0.3 is 14.8 Å². The second-order valence-corrected chi connectivity index (χ2v) is 11.4. The maximum absolute atomic E-state index is 15.1. The van der Waals surface area contributed by atoms with E-state index in [0.717, 1.165) is 38.5 Å². The molecule has 214 valence electrons. The Kier molecular flexibility index (Phi) is 10.1. The second kappa shape index (κ2) is 14.3. The molecule has 1 N–H and O–H groups in total. The number of carbonyl (C=O) groups excluding carboxylic acids is 1. The predicted molar refractivity (Wildman–Crippen MR) is 169 cm³/mol. The van der Waals surface area contributed by atoms with Crippen LogP contribution in [0.5, 0.6) is 11.5 Å². The lowest BCUT2D eigenvalue weighted by Crippen LogP contribution is -2.18. The number of fused-ring (bicyclic) bond motifs is 1. The monoisotopic (exact) mass is 599 g/mol. The molecule has 0 saturated carbocycles. The molecule has 3 aromatic heterocycles. The third-order valence-corrected chi connectivity index (χ3v) is 7.97. The smallest absolute Gasteiger partial charge is 0.166 e. The number of rotatable bonds is 14. The molecule has 6 nitrogen and oxygen atoms in total. The Hall–Kier alpha value is -3.89. The summed E-state index contributed by atoms with van der Waals surface area (Å²) >= 11 is 6.94. The number of aromatic nitrogens is 2. The van der Waals surface area contributed by atoms with Crippen molar-refractivity contribution in [2.24, 2.45) is 0 Å². The maximum Gasteiger partial charge on any atom is 0.166 e. The van der Waals surface area contributed by atoms with E-state index in [-0.39, 0.29) is 18.0 Å². The lowest BCUT2D eigenvalue weighted by Gasteiger charge is -2.10. The average Bonchev–Trinajstić information content (AvgIpc) is 3.43. The second-order valence-electron chi connectivity index (χ2n) is 9.82. The number of nitrogens with one attached hydrogen (secondary N) is 1. The minimum Gasteiger partial charge on any atom is -0.453 e. The van der Waals surface area contributed by atoms with E-state index in [1.165, 1.54) is 17.4 Å². The fourth-order valence-corrected chi connectivity index (χ4v) is 5.82. The number of thiocarbonyl (C=S) groups is 1. The maximum atomic E-state index is 15.1. The van der Waals surface area contributed by atoms with Gasteiger partial charge in [0.05, 0.1) is 27.4 Å². The summed E-state index contributed by atoms with van der Waals surface area (Å²) in [7, 11) is 1.68. The molecule has 42 heavy (non-hydrogen) atoms. The molecule has 0 bridgehead atoms. The van der Waals surface area contributed by atoms with Gasteiger partial charge in [-0.25, -0.2) is 4.39 Å². The number of thiophene rings is 1. The van der Waals surface area contributed by atoms with Crippen molar-refractivity contribution in [3.8, 4) is 22.1 Å². The summed E-state index contributed by atoms with van der Waals surface area (Å²) in [5.41, 5.74) is 4.31. The first-order valence-electron chi connectivity index (χ1n) is 13.6. The van der Waals surface area contributed by atoms with Gasteiger partial charge in [0.1, 0.15) is 11.5 Å². The van der Waals surface area contributed by atoms with Gasteiger partial charge in [0.25, 0.3) is 0 Å². The Morgan fingerprint density at radius 1 is 0.952 bits per heavy atom. The number of methoxy groups -OCH3 is 1. The molecule has 5 rings (SSSR count). The molecular formula is C33H30FN3O3S2. The standard InChI is InChI=1S/C33H30FN3O3S2/c1-39-14-13-35-20-24-7-9-28(37-21-24)32-19-29-33(42-32)31(11-12-36-29)40-30-10-8-23(17-27(30)34)16-26(41)18-25(38)15-22-5-3-2-4-6-22/h2-12,17,19,21,35H,13-16,18,20H2,1H3. The zero-order valence-electron chi connectivity index (χ0n) is 23.1. The Balaban J connectivity index is 1.23. The van der Waals surface area contributed by atoms with Crippen LogP contribution < -0.4 is 10.1 Å². The van der Waals surface area contributed by atoms with E-state index in [4.69, 9.17) is 21.7 Å². The molecule has 0 radical (unpaired) electrons. The molecule has 0 fully saturated rings. The third-order valence-electron chi connectivity index (χ3n) is 6.52. The summed E-state index contributed by atoms with van der Waals surface area (Å²) < 4.78 is 27.0. The number of hydrogen-bond donors (Lipinski definition) is 1. The highest BCUT2D eigenvalue weighted by molar-refractivity contribution is 7.80. The van der Waals surface area contributed by atoms with Crippen molar-refractivity contribution in [2.75, 3.05) is 20.3 Å². The van der Waals surface area contributed by atoms with Crippen LogP contribution in [0.1, 0.15) is 23.1 Å². The van der Waals surface area contributed by atoms with Gasteiger partial charge in [-0.15, -0.1) is 11.3 Å². The molecule has 0 aliphatic carbocycles. The first kappa shape index (κ1) is 29.6. The summed E-state index contributed by atoms with van der Waals surface area (Å²) in [5.74, 6) is 0.174. The minimum atomic E-state index is -0.496. The Labute approximate surface area is 253 Å². The number of carbonyl (C=O) groups is 1. The number of nitrogens with zero attached hydrogens (tertiary/aromatic N) is 2. The molecule has 5 aromatic rings. The highest BCUT2D eigenvalue weighted by atomic mass is 32.1. The van der Waals surface area contributed by atoms with Crippen LogP contribution in [0.15, 0.2) is 85.2 Å². The highest BCUT2D eigenvalue weighted by Gasteiger charge is 2.15. The first-order valence-corrected chi connectivity index (χ1v) is 14.8. The third kappa shape index (κ3) is 7.89. The van der Waals surface area contributed by atoms with Crippen molar-refractivity contribution in [2.45, 2.75) is 25.8 Å². The van der Waals surface area contributed by atoms with Crippen LogP contribution in [0.3, 0.4) is 0 Å². The van der Waals surface area contributed by atoms with Gasteiger partial charge in [-0.05, 0) is 41.0 Å². The van der Waals surface area contributed by atoms with Gasteiger partial charge in [0, 0.05) is 62.8 Å². The number of hydrogen-bond acceptors (Lipinski definition) is 8.